The molecule has 3 heterocycles. The molecule has 8 nitrogen and oxygen atoms in total. The minimum absolute atomic E-state index is 0.0617. The first-order valence-corrected chi connectivity index (χ1v) is 10.8. The van der Waals surface area contributed by atoms with Gasteiger partial charge in [0.1, 0.15) is 0 Å². The van der Waals surface area contributed by atoms with Crippen LogP contribution in [0.1, 0.15) is 44.4 Å². The Labute approximate surface area is 181 Å². The van der Waals surface area contributed by atoms with Crippen molar-refractivity contribution in [1.29, 1.82) is 0 Å². The number of imidazole rings is 1. The number of H-pyrrole nitrogens is 1. The van der Waals surface area contributed by atoms with Gasteiger partial charge in [-0.15, -0.1) is 10.2 Å². The van der Waals surface area contributed by atoms with E-state index in [1.165, 1.54) is 12.8 Å². The maximum absolute atomic E-state index is 12.8. The number of aromatic amines is 1. The number of nitrogens with one attached hydrogen (secondary N) is 1. The van der Waals surface area contributed by atoms with E-state index in [9.17, 15) is 4.79 Å². The molecule has 0 bridgehead atoms. The van der Waals surface area contributed by atoms with Crippen molar-refractivity contribution in [3.05, 3.63) is 70.7 Å². The molecule has 0 aliphatic rings. The molecule has 0 amide bonds. The molecule has 3 aromatic heterocycles. The fraction of sp³-hybridized carbons (Fsp3) is 0.348. The van der Waals surface area contributed by atoms with Crippen molar-refractivity contribution >= 4 is 0 Å². The largest absolute Gasteiger partial charge is 0.328 e. The monoisotopic (exact) mass is 417 g/mol. The highest BCUT2D eigenvalue weighted by molar-refractivity contribution is 5.79. The Balaban J connectivity index is 1.60. The van der Waals surface area contributed by atoms with Crippen molar-refractivity contribution in [2.45, 2.75) is 52.6 Å². The molecule has 0 aliphatic heterocycles. The number of benzene rings is 1. The molecular formula is C23H27N7O. The third kappa shape index (κ3) is 4.47. The topological polar surface area (TPSA) is 94.3 Å². The molecule has 0 saturated heterocycles. The molecule has 0 aliphatic carbocycles. The van der Waals surface area contributed by atoms with E-state index >= 15 is 0 Å². The second-order valence-corrected chi connectivity index (χ2v) is 7.59. The number of unbranched alkanes of at least 4 members (excludes halogenated alkanes) is 2. The minimum Gasteiger partial charge on any atom is -0.299 e. The normalized spacial score (nSPS) is 11.2. The van der Waals surface area contributed by atoms with Gasteiger partial charge in [-0.1, -0.05) is 44.0 Å². The SMILES string of the molecule is CCCCCc1cn(CC)c(=O)n1Cc1ccc(-c2ccncc2-c2nn[nH]n2)cc1. The van der Waals surface area contributed by atoms with Crippen LogP contribution >= 0.6 is 0 Å². The molecular weight excluding hydrogens is 390 g/mol. The summed E-state index contributed by atoms with van der Waals surface area (Å²) in [7, 11) is 0. The predicted molar refractivity (Wildman–Crippen MR) is 120 cm³/mol. The van der Waals surface area contributed by atoms with Crippen molar-refractivity contribution in [2.24, 2.45) is 0 Å². The van der Waals surface area contributed by atoms with Crippen LogP contribution in [-0.2, 0) is 19.5 Å². The highest BCUT2D eigenvalue weighted by Gasteiger charge is 2.13. The van der Waals surface area contributed by atoms with Crippen LogP contribution in [-0.4, -0.2) is 34.7 Å². The first-order valence-electron chi connectivity index (χ1n) is 10.8. The lowest BCUT2D eigenvalue weighted by molar-refractivity contribution is 0.638. The number of hydrogen-bond acceptors (Lipinski definition) is 5. The number of aryl methyl sites for hydroxylation is 2. The summed E-state index contributed by atoms with van der Waals surface area (Å²) in [6.07, 6.45) is 9.88. The number of nitrogens with zero attached hydrogens (tertiary/aromatic N) is 6. The van der Waals surface area contributed by atoms with Crippen LogP contribution in [0.15, 0.2) is 53.7 Å². The average Bonchev–Trinajstić information content (AvgIpc) is 3.44. The van der Waals surface area contributed by atoms with Crippen molar-refractivity contribution in [2.75, 3.05) is 0 Å². The summed E-state index contributed by atoms with van der Waals surface area (Å²) in [4.78, 5) is 17.0. The van der Waals surface area contributed by atoms with Gasteiger partial charge >= 0.3 is 5.69 Å². The molecule has 0 radical (unpaired) electrons. The highest BCUT2D eigenvalue weighted by atomic mass is 16.1. The van der Waals surface area contributed by atoms with Gasteiger partial charge in [-0.3, -0.25) is 14.1 Å². The summed E-state index contributed by atoms with van der Waals surface area (Å²) in [6.45, 7) is 5.46. The molecule has 0 fully saturated rings. The molecule has 1 N–H and O–H groups in total. The molecule has 1 aromatic carbocycles. The average molecular weight is 418 g/mol. The first-order chi connectivity index (χ1) is 15.2. The smallest absolute Gasteiger partial charge is 0.299 e. The highest BCUT2D eigenvalue weighted by Crippen LogP contribution is 2.29. The van der Waals surface area contributed by atoms with E-state index in [2.05, 4.69) is 56.8 Å². The van der Waals surface area contributed by atoms with Crippen LogP contribution in [0, 0.1) is 0 Å². The second-order valence-electron chi connectivity index (χ2n) is 7.59. The van der Waals surface area contributed by atoms with Gasteiger partial charge in [-0.2, -0.15) is 5.21 Å². The molecule has 31 heavy (non-hydrogen) atoms. The molecule has 0 unspecified atom stereocenters. The van der Waals surface area contributed by atoms with Gasteiger partial charge in [0.2, 0.25) is 5.82 Å². The molecule has 0 saturated carbocycles. The third-order valence-corrected chi connectivity index (χ3v) is 5.52. The maximum atomic E-state index is 12.8. The van der Waals surface area contributed by atoms with Gasteiger partial charge in [0.05, 0.1) is 6.54 Å². The molecule has 0 atom stereocenters. The van der Waals surface area contributed by atoms with Crippen LogP contribution in [0.2, 0.25) is 0 Å². The summed E-state index contributed by atoms with van der Waals surface area (Å²) < 4.78 is 3.70. The van der Waals surface area contributed by atoms with Gasteiger partial charge in [0, 0.05) is 36.4 Å². The Morgan fingerprint density at radius 2 is 1.87 bits per heavy atom. The molecule has 160 valence electrons. The first kappa shape index (κ1) is 20.7. The van der Waals surface area contributed by atoms with E-state index in [4.69, 9.17) is 0 Å². The minimum atomic E-state index is 0.0617. The summed E-state index contributed by atoms with van der Waals surface area (Å²) in [5.41, 5.74) is 5.10. The van der Waals surface area contributed by atoms with Gasteiger partial charge in [-0.25, -0.2) is 4.79 Å². The van der Waals surface area contributed by atoms with E-state index in [1.807, 2.05) is 23.8 Å². The Morgan fingerprint density at radius 1 is 1.03 bits per heavy atom. The van der Waals surface area contributed by atoms with Crippen LogP contribution in [0.3, 0.4) is 0 Å². The fourth-order valence-electron chi connectivity index (χ4n) is 3.81. The summed E-state index contributed by atoms with van der Waals surface area (Å²) >= 11 is 0. The lowest BCUT2D eigenvalue weighted by Crippen LogP contribution is -2.25. The summed E-state index contributed by atoms with van der Waals surface area (Å²) in [5.74, 6) is 0.511. The quantitative estimate of drug-likeness (QED) is 0.419. The second kappa shape index (κ2) is 9.51. The van der Waals surface area contributed by atoms with Gasteiger partial charge in [0.25, 0.3) is 0 Å². The zero-order valence-corrected chi connectivity index (χ0v) is 18.0. The van der Waals surface area contributed by atoms with Crippen molar-refractivity contribution in [1.82, 2.24) is 34.7 Å². The van der Waals surface area contributed by atoms with Gasteiger partial charge < -0.3 is 0 Å². The van der Waals surface area contributed by atoms with Crippen LogP contribution in [0.4, 0.5) is 0 Å². The lowest BCUT2D eigenvalue weighted by atomic mass is 10.00. The maximum Gasteiger partial charge on any atom is 0.328 e. The Bertz CT molecular complexity index is 1170. The van der Waals surface area contributed by atoms with E-state index in [-0.39, 0.29) is 5.69 Å². The molecule has 4 rings (SSSR count). The van der Waals surface area contributed by atoms with E-state index in [0.29, 0.717) is 18.9 Å². The molecule has 0 spiro atoms. The summed E-state index contributed by atoms with van der Waals surface area (Å²) in [6, 6.07) is 10.2. The van der Waals surface area contributed by atoms with E-state index < -0.39 is 0 Å². The van der Waals surface area contributed by atoms with Crippen molar-refractivity contribution < 1.29 is 0 Å². The number of hydrogen-bond donors (Lipinski definition) is 1. The summed E-state index contributed by atoms with van der Waals surface area (Å²) in [5, 5.41) is 14.3. The Hall–Kier alpha value is -3.55. The van der Waals surface area contributed by atoms with E-state index in [1.54, 1.807) is 17.0 Å². The Kier molecular flexibility index (Phi) is 6.35. The van der Waals surface area contributed by atoms with E-state index in [0.717, 1.165) is 40.8 Å². The van der Waals surface area contributed by atoms with Crippen LogP contribution < -0.4 is 5.69 Å². The van der Waals surface area contributed by atoms with Crippen molar-refractivity contribution in [3.8, 4) is 22.5 Å². The third-order valence-electron chi connectivity index (χ3n) is 5.52. The van der Waals surface area contributed by atoms with Gasteiger partial charge in [-0.05, 0) is 47.7 Å². The van der Waals surface area contributed by atoms with Gasteiger partial charge in [0.15, 0.2) is 0 Å². The standard InChI is InChI=1S/C23H27N7O/c1-3-5-6-7-19-16-29(4-2)23(31)30(19)15-17-8-10-18(11-9-17)20-12-13-24-14-21(20)22-25-27-28-26-22/h8-14,16H,3-7,15H2,1-2H3,(H,25,26,27,28). The predicted octanol–water partition coefficient (Wildman–Crippen LogP) is 3.69. The van der Waals surface area contributed by atoms with Crippen LogP contribution in [0.5, 0.6) is 0 Å². The Morgan fingerprint density at radius 3 is 2.58 bits per heavy atom. The zero-order valence-electron chi connectivity index (χ0n) is 18.0. The lowest BCUT2D eigenvalue weighted by Gasteiger charge is -2.10. The van der Waals surface area contributed by atoms with Crippen molar-refractivity contribution in [3.63, 3.8) is 0 Å². The molecule has 8 heteroatoms. The van der Waals surface area contributed by atoms with Crippen LogP contribution in [0.25, 0.3) is 22.5 Å². The zero-order chi connectivity index (χ0) is 21.6. The number of aromatic nitrogens is 7. The number of tetrazole rings is 1. The number of pyridine rings is 1. The molecule has 4 aromatic rings. The fourth-order valence-corrected chi connectivity index (χ4v) is 3.81. The number of rotatable bonds is 9.